The van der Waals surface area contributed by atoms with Gasteiger partial charge in [0.25, 0.3) is 0 Å². The molecule has 12 heavy (non-hydrogen) atoms. The third kappa shape index (κ3) is 1.10. The van der Waals surface area contributed by atoms with Gasteiger partial charge in [0.1, 0.15) is 0 Å². The van der Waals surface area contributed by atoms with Crippen molar-refractivity contribution in [2.75, 3.05) is 0 Å². The molecule has 0 bridgehead atoms. The minimum atomic E-state index is 0.775. The molecule has 1 N–H and O–H groups in total. The van der Waals surface area contributed by atoms with Crippen molar-refractivity contribution in [3.63, 3.8) is 0 Å². The lowest BCUT2D eigenvalue weighted by molar-refractivity contribution is 1.29. The fourth-order valence-corrected chi connectivity index (χ4v) is 1.53. The van der Waals surface area contributed by atoms with Crippen LogP contribution in [0.15, 0.2) is 24.4 Å². The number of nitrogens with one attached hydrogen (secondary N) is 1. The summed E-state index contributed by atoms with van der Waals surface area (Å²) in [5.74, 6) is 0. The van der Waals surface area contributed by atoms with Crippen LogP contribution in [0.3, 0.4) is 0 Å². The number of hydrogen-bond acceptors (Lipinski definition) is 0. The molecule has 0 saturated heterocycles. The van der Waals surface area contributed by atoms with Crippen molar-refractivity contribution >= 4 is 22.5 Å². The Balaban J connectivity index is 2.75. The maximum atomic E-state index is 5.87. The number of fused-ring (bicyclic) bond motifs is 1. The molecule has 0 unspecified atom stereocenters. The van der Waals surface area contributed by atoms with Crippen molar-refractivity contribution in [3.8, 4) is 0 Å². The zero-order chi connectivity index (χ0) is 8.55. The number of aromatic amines is 1. The van der Waals surface area contributed by atoms with Crippen molar-refractivity contribution < 1.29 is 0 Å². The Morgan fingerprint density at radius 1 is 1.42 bits per heavy atom. The highest BCUT2D eigenvalue weighted by Crippen LogP contribution is 2.22. The number of aromatic nitrogens is 1. The third-order valence-electron chi connectivity index (χ3n) is 2.00. The first-order chi connectivity index (χ1) is 5.81. The molecule has 0 spiro atoms. The molecule has 1 aromatic carbocycles. The second-order valence-electron chi connectivity index (χ2n) is 2.75. The molecule has 1 radical (unpaired) electrons. The Morgan fingerprint density at radius 2 is 2.25 bits per heavy atom. The van der Waals surface area contributed by atoms with E-state index in [0.29, 0.717) is 0 Å². The maximum absolute atomic E-state index is 5.87. The van der Waals surface area contributed by atoms with Crippen molar-refractivity contribution in [3.05, 3.63) is 41.9 Å². The highest BCUT2D eigenvalue weighted by atomic mass is 35.5. The molecule has 0 aliphatic carbocycles. The van der Waals surface area contributed by atoms with E-state index in [4.69, 9.17) is 11.6 Å². The number of halogens is 1. The average molecular weight is 179 g/mol. The van der Waals surface area contributed by atoms with Crippen molar-refractivity contribution in [2.45, 2.75) is 6.42 Å². The lowest BCUT2D eigenvalue weighted by atomic mass is 10.1. The Hall–Kier alpha value is -0.950. The van der Waals surface area contributed by atoms with Crippen LogP contribution in [0.1, 0.15) is 5.56 Å². The van der Waals surface area contributed by atoms with Gasteiger partial charge in [-0.2, -0.15) is 0 Å². The topological polar surface area (TPSA) is 15.8 Å². The standard InChI is InChI=1S/C10H9ClN/c1-2-7-6-12-10-4-3-8(11)5-9(7)10/h3-6,12H,1-2H2. The third-order valence-corrected chi connectivity index (χ3v) is 2.23. The van der Waals surface area contributed by atoms with E-state index in [0.717, 1.165) is 17.0 Å². The maximum Gasteiger partial charge on any atom is 0.0457 e. The summed E-state index contributed by atoms with van der Waals surface area (Å²) in [6.45, 7) is 3.84. The smallest absolute Gasteiger partial charge is 0.0457 e. The van der Waals surface area contributed by atoms with Crippen LogP contribution in [0.2, 0.25) is 5.02 Å². The van der Waals surface area contributed by atoms with Crippen LogP contribution in [0.25, 0.3) is 10.9 Å². The second-order valence-corrected chi connectivity index (χ2v) is 3.19. The minimum Gasteiger partial charge on any atom is -0.361 e. The van der Waals surface area contributed by atoms with Gasteiger partial charge in [-0.25, -0.2) is 0 Å². The zero-order valence-electron chi connectivity index (χ0n) is 6.60. The molecule has 2 aromatic rings. The van der Waals surface area contributed by atoms with E-state index >= 15 is 0 Å². The van der Waals surface area contributed by atoms with Crippen LogP contribution in [-0.2, 0) is 6.42 Å². The molecule has 0 saturated carbocycles. The predicted octanol–water partition coefficient (Wildman–Crippen LogP) is 3.20. The number of H-pyrrole nitrogens is 1. The number of rotatable bonds is 1. The molecule has 2 heteroatoms. The van der Waals surface area contributed by atoms with Crippen LogP contribution in [0.4, 0.5) is 0 Å². The summed E-state index contributed by atoms with van der Waals surface area (Å²) in [5.41, 5.74) is 2.34. The van der Waals surface area contributed by atoms with Crippen molar-refractivity contribution in [1.29, 1.82) is 0 Å². The van der Waals surface area contributed by atoms with Gasteiger partial charge in [-0.3, -0.25) is 0 Å². The summed E-state index contributed by atoms with van der Waals surface area (Å²) in [7, 11) is 0. The monoisotopic (exact) mass is 178 g/mol. The fourth-order valence-electron chi connectivity index (χ4n) is 1.36. The highest BCUT2D eigenvalue weighted by molar-refractivity contribution is 6.31. The summed E-state index contributed by atoms with van der Waals surface area (Å²) in [4.78, 5) is 3.17. The van der Waals surface area contributed by atoms with Crippen LogP contribution >= 0.6 is 11.6 Å². The van der Waals surface area contributed by atoms with Gasteiger partial charge in [0.2, 0.25) is 0 Å². The molecule has 1 aromatic heterocycles. The van der Waals surface area contributed by atoms with Gasteiger partial charge in [0.15, 0.2) is 0 Å². The molecule has 1 heterocycles. The summed E-state index contributed by atoms with van der Waals surface area (Å²) in [5, 5.41) is 1.95. The molecule has 1 nitrogen and oxygen atoms in total. The van der Waals surface area contributed by atoms with Gasteiger partial charge in [-0.1, -0.05) is 11.6 Å². The van der Waals surface area contributed by atoms with Crippen LogP contribution in [0.5, 0.6) is 0 Å². The molecule has 0 amide bonds. The van der Waals surface area contributed by atoms with Crippen molar-refractivity contribution in [1.82, 2.24) is 4.98 Å². The largest absolute Gasteiger partial charge is 0.361 e. The van der Waals surface area contributed by atoms with Gasteiger partial charge < -0.3 is 4.98 Å². The Bertz CT molecular complexity index is 403. The van der Waals surface area contributed by atoms with Gasteiger partial charge in [0, 0.05) is 22.1 Å². The predicted molar refractivity (Wildman–Crippen MR) is 52.4 cm³/mol. The Kier molecular flexibility index (Phi) is 1.81. The Morgan fingerprint density at radius 3 is 3.00 bits per heavy atom. The Labute approximate surface area is 76.4 Å². The molecule has 0 aliphatic heterocycles. The SMILES string of the molecule is [CH2]Cc1c[nH]c2ccc(Cl)cc12. The van der Waals surface area contributed by atoms with E-state index in [1.54, 1.807) is 0 Å². The van der Waals surface area contributed by atoms with Crippen LogP contribution in [0, 0.1) is 6.92 Å². The van der Waals surface area contributed by atoms with Crippen LogP contribution in [-0.4, -0.2) is 4.98 Å². The molecule has 0 fully saturated rings. The molecule has 2 rings (SSSR count). The van der Waals surface area contributed by atoms with E-state index in [9.17, 15) is 0 Å². The van der Waals surface area contributed by atoms with E-state index in [-0.39, 0.29) is 0 Å². The van der Waals surface area contributed by atoms with Gasteiger partial charge in [-0.15, -0.1) is 0 Å². The zero-order valence-corrected chi connectivity index (χ0v) is 7.36. The van der Waals surface area contributed by atoms with Gasteiger partial charge in [0.05, 0.1) is 0 Å². The normalized spacial score (nSPS) is 10.8. The molecule has 61 valence electrons. The number of hydrogen-bond donors (Lipinski definition) is 1. The fraction of sp³-hybridized carbons (Fsp3) is 0.100. The summed E-state index contributed by atoms with van der Waals surface area (Å²) >= 11 is 5.87. The van der Waals surface area contributed by atoms with E-state index in [2.05, 4.69) is 11.9 Å². The molecule has 0 atom stereocenters. The quantitative estimate of drug-likeness (QED) is 0.691. The van der Waals surface area contributed by atoms with E-state index in [1.165, 1.54) is 10.9 Å². The van der Waals surface area contributed by atoms with Gasteiger partial charge >= 0.3 is 0 Å². The minimum absolute atomic E-state index is 0.775. The van der Waals surface area contributed by atoms with Crippen molar-refractivity contribution in [2.24, 2.45) is 0 Å². The number of benzene rings is 1. The second kappa shape index (κ2) is 2.83. The first kappa shape index (κ1) is 7.69. The lowest BCUT2D eigenvalue weighted by Crippen LogP contribution is -1.74. The molecule has 0 aliphatic rings. The molecular weight excluding hydrogens is 170 g/mol. The first-order valence-electron chi connectivity index (χ1n) is 3.86. The lowest BCUT2D eigenvalue weighted by Gasteiger charge is -1.93. The molecular formula is C10H9ClN. The summed E-state index contributed by atoms with van der Waals surface area (Å²) in [6, 6.07) is 5.83. The van der Waals surface area contributed by atoms with Gasteiger partial charge in [-0.05, 0) is 37.1 Å². The first-order valence-corrected chi connectivity index (χ1v) is 4.24. The highest BCUT2D eigenvalue weighted by Gasteiger charge is 2.00. The summed E-state index contributed by atoms with van der Waals surface area (Å²) in [6.07, 6.45) is 2.77. The van der Waals surface area contributed by atoms with E-state index in [1.807, 2.05) is 24.4 Å². The van der Waals surface area contributed by atoms with Crippen LogP contribution < -0.4 is 0 Å². The summed E-state index contributed by atoms with van der Waals surface area (Å²) < 4.78 is 0. The van der Waals surface area contributed by atoms with E-state index < -0.39 is 0 Å². The average Bonchev–Trinajstić information content (AvgIpc) is 2.46.